The molecule has 2 fully saturated rings. The summed E-state index contributed by atoms with van der Waals surface area (Å²) in [6.07, 6.45) is 9.17. The summed E-state index contributed by atoms with van der Waals surface area (Å²) in [5.74, 6) is -1.08. The zero-order valence-electron chi connectivity index (χ0n) is 12.4. The van der Waals surface area contributed by atoms with Gasteiger partial charge in [0.2, 0.25) is 0 Å². The first kappa shape index (κ1) is 14.6. The van der Waals surface area contributed by atoms with Crippen LogP contribution in [0.15, 0.2) is 12.2 Å². The van der Waals surface area contributed by atoms with E-state index in [-0.39, 0.29) is 36.3 Å². The number of ether oxygens (including phenoxy) is 3. The van der Waals surface area contributed by atoms with Crippen LogP contribution in [0.25, 0.3) is 0 Å². The fourth-order valence-electron chi connectivity index (χ4n) is 3.56. The molecule has 5 heteroatoms. The van der Waals surface area contributed by atoms with Gasteiger partial charge in [-0.15, -0.1) is 0 Å². The van der Waals surface area contributed by atoms with Gasteiger partial charge in [-0.25, -0.2) is 4.79 Å². The van der Waals surface area contributed by atoms with Crippen molar-refractivity contribution in [3.63, 3.8) is 0 Å². The quantitative estimate of drug-likeness (QED) is 0.574. The van der Waals surface area contributed by atoms with E-state index in [9.17, 15) is 9.59 Å². The maximum Gasteiger partial charge on any atom is 0.344 e. The van der Waals surface area contributed by atoms with Gasteiger partial charge in [-0.2, -0.15) is 0 Å². The van der Waals surface area contributed by atoms with Crippen molar-refractivity contribution in [2.45, 2.75) is 63.3 Å². The van der Waals surface area contributed by atoms with E-state index in [1.54, 1.807) is 0 Å². The number of esters is 2. The summed E-state index contributed by atoms with van der Waals surface area (Å²) in [6, 6.07) is 0. The molecule has 0 radical (unpaired) electrons. The molecule has 0 N–H and O–H groups in total. The van der Waals surface area contributed by atoms with Gasteiger partial charge < -0.3 is 14.2 Å². The van der Waals surface area contributed by atoms with E-state index in [1.165, 1.54) is 0 Å². The number of fused-ring (bicyclic) bond motifs is 2. The van der Waals surface area contributed by atoms with E-state index in [0.29, 0.717) is 6.42 Å². The highest BCUT2D eigenvalue weighted by Gasteiger charge is 2.42. The molecule has 3 unspecified atom stereocenters. The summed E-state index contributed by atoms with van der Waals surface area (Å²) in [6.45, 7) is 1.74. The number of rotatable bonds is 5. The highest BCUT2D eigenvalue weighted by Crippen LogP contribution is 2.36. The van der Waals surface area contributed by atoms with Crippen LogP contribution >= 0.6 is 0 Å². The summed E-state index contributed by atoms with van der Waals surface area (Å²) in [5.41, 5.74) is -0.332. The minimum Gasteiger partial charge on any atom is -0.457 e. The summed E-state index contributed by atoms with van der Waals surface area (Å²) < 4.78 is 16.2. The van der Waals surface area contributed by atoms with Crippen LogP contribution in [0.5, 0.6) is 0 Å². The molecular formula is C16H22O5. The number of hydrogen-bond acceptors (Lipinski definition) is 5. The summed E-state index contributed by atoms with van der Waals surface area (Å²) in [7, 11) is 0. The fraction of sp³-hybridized carbons (Fsp3) is 0.750. The molecule has 0 spiro atoms. The molecule has 1 saturated heterocycles. The monoisotopic (exact) mass is 294 g/mol. The van der Waals surface area contributed by atoms with Crippen LogP contribution in [-0.2, 0) is 23.8 Å². The molecule has 0 amide bonds. The van der Waals surface area contributed by atoms with Gasteiger partial charge in [0, 0.05) is 0 Å². The van der Waals surface area contributed by atoms with Crippen LogP contribution in [0, 0.1) is 5.92 Å². The van der Waals surface area contributed by atoms with Crippen molar-refractivity contribution in [3.8, 4) is 0 Å². The van der Waals surface area contributed by atoms with Crippen LogP contribution in [-0.4, -0.2) is 36.4 Å². The van der Waals surface area contributed by atoms with Crippen molar-refractivity contribution in [1.82, 2.24) is 0 Å². The smallest absolute Gasteiger partial charge is 0.344 e. The molecule has 2 aliphatic heterocycles. The molecule has 5 nitrogen and oxygen atoms in total. The van der Waals surface area contributed by atoms with Gasteiger partial charge in [0.25, 0.3) is 0 Å². The standard InChI is InChI=1S/C16H22O5/c1-2-16(7-3-4-8-16)21-14(17)10-19-15(18)12-9-11-5-6-13(12)20-11/h5-6,11-13H,2-4,7-10H2,1H3. The highest BCUT2D eigenvalue weighted by molar-refractivity contribution is 5.79. The molecule has 116 valence electrons. The maximum atomic E-state index is 12.0. The second-order valence-corrected chi connectivity index (χ2v) is 6.19. The number of carbonyl (C=O) groups excluding carboxylic acids is 2. The second kappa shape index (κ2) is 5.79. The molecule has 1 saturated carbocycles. The molecular weight excluding hydrogens is 272 g/mol. The predicted molar refractivity (Wildman–Crippen MR) is 74.4 cm³/mol. The first-order valence-electron chi connectivity index (χ1n) is 7.84. The van der Waals surface area contributed by atoms with Crippen molar-refractivity contribution in [3.05, 3.63) is 12.2 Å². The Hall–Kier alpha value is -1.36. The van der Waals surface area contributed by atoms with Crippen molar-refractivity contribution < 1.29 is 23.8 Å². The lowest BCUT2D eigenvalue weighted by Crippen LogP contribution is -2.34. The summed E-state index contributed by atoms with van der Waals surface area (Å²) in [5, 5.41) is 0. The summed E-state index contributed by atoms with van der Waals surface area (Å²) in [4.78, 5) is 23.9. The van der Waals surface area contributed by atoms with Crippen LogP contribution in [0.2, 0.25) is 0 Å². The van der Waals surface area contributed by atoms with E-state index < -0.39 is 5.97 Å². The third-order valence-electron chi connectivity index (χ3n) is 4.85. The molecule has 2 heterocycles. The van der Waals surface area contributed by atoms with Gasteiger partial charge in [0.05, 0.1) is 18.1 Å². The van der Waals surface area contributed by atoms with Crippen LogP contribution in [0.3, 0.4) is 0 Å². The Morgan fingerprint density at radius 2 is 2.05 bits per heavy atom. The van der Waals surface area contributed by atoms with Crippen LogP contribution in [0.4, 0.5) is 0 Å². The number of hydrogen-bond donors (Lipinski definition) is 0. The Morgan fingerprint density at radius 1 is 1.29 bits per heavy atom. The average Bonchev–Trinajstić information content (AvgIpc) is 3.21. The first-order chi connectivity index (χ1) is 10.1. The predicted octanol–water partition coefficient (Wildman–Crippen LogP) is 2.14. The third-order valence-corrected chi connectivity index (χ3v) is 4.85. The van der Waals surface area contributed by atoms with Gasteiger partial charge in [0.1, 0.15) is 5.60 Å². The molecule has 0 aromatic carbocycles. The average molecular weight is 294 g/mol. The molecule has 3 aliphatic rings. The molecule has 2 bridgehead atoms. The Kier molecular flexibility index (Phi) is 4.02. The minimum atomic E-state index is -0.438. The highest BCUT2D eigenvalue weighted by atomic mass is 16.6. The fourth-order valence-corrected chi connectivity index (χ4v) is 3.56. The van der Waals surface area contributed by atoms with E-state index in [0.717, 1.165) is 32.1 Å². The van der Waals surface area contributed by atoms with Gasteiger partial charge in [0.15, 0.2) is 6.61 Å². The van der Waals surface area contributed by atoms with Crippen molar-refractivity contribution >= 4 is 11.9 Å². The van der Waals surface area contributed by atoms with Gasteiger partial charge >= 0.3 is 11.9 Å². The van der Waals surface area contributed by atoms with Crippen molar-refractivity contribution in [2.75, 3.05) is 6.61 Å². The minimum absolute atomic E-state index is 0.0290. The topological polar surface area (TPSA) is 61.8 Å². The SMILES string of the molecule is CCC1(OC(=O)COC(=O)C2CC3C=CC2O3)CCCC1. The Bertz CT molecular complexity index is 450. The number of carbonyl (C=O) groups is 2. The molecule has 3 rings (SSSR count). The van der Waals surface area contributed by atoms with Crippen LogP contribution in [0.1, 0.15) is 45.4 Å². The van der Waals surface area contributed by atoms with Crippen LogP contribution < -0.4 is 0 Å². The van der Waals surface area contributed by atoms with Crippen molar-refractivity contribution in [1.29, 1.82) is 0 Å². The van der Waals surface area contributed by atoms with E-state index in [4.69, 9.17) is 14.2 Å². The van der Waals surface area contributed by atoms with Gasteiger partial charge in [-0.05, 0) is 38.5 Å². The van der Waals surface area contributed by atoms with Gasteiger partial charge in [-0.3, -0.25) is 4.79 Å². The normalized spacial score (nSPS) is 32.3. The van der Waals surface area contributed by atoms with E-state index in [2.05, 4.69) is 0 Å². The Balaban J connectivity index is 1.45. The summed E-state index contributed by atoms with van der Waals surface area (Å²) >= 11 is 0. The second-order valence-electron chi connectivity index (χ2n) is 6.19. The van der Waals surface area contributed by atoms with E-state index >= 15 is 0 Å². The zero-order valence-corrected chi connectivity index (χ0v) is 12.4. The lowest BCUT2D eigenvalue weighted by Gasteiger charge is -2.27. The largest absolute Gasteiger partial charge is 0.457 e. The molecule has 1 aliphatic carbocycles. The lowest BCUT2D eigenvalue weighted by molar-refractivity contribution is -0.172. The van der Waals surface area contributed by atoms with E-state index in [1.807, 2.05) is 19.1 Å². The van der Waals surface area contributed by atoms with Gasteiger partial charge in [-0.1, -0.05) is 19.1 Å². The molecule has 0 aromatic rings. The Morgan fingerprint density at radius 3 is 2.62 bits per heavy atom. The molecule has 0 aromatic heterocycles. The zero-order chi connectivity index (χ0) is 14.9. The molecule has 21 heavy (non-hydrogen) atoms. The molecule has 3 atom stereocenters. The Labute approximate surface area is 124 Å². The first-order valence-corrected chi connectivity index (χ1v) is 7.84. The maximum absolute atomic E-state index is 12.0. The third kappa shape index (κ3) is 2.98. The van der Waals surface area contributed by atoms with Crippen molar-refractivity contribution in [2.24, 2.45) is 5.92 Å². The lowest BCUT2D eigenvalue weighted by atomic mass is 9.95.